The number of fused-ring (bicyclic) bond motifs is 15. The van der Waals surface area contributed by atoms with E-state index in [4.69, 9.17) is 17.7 Å². The Labute approximate surface area is 451 Å². The van der Waals surface area contributed by atoms with Crippen molar-refractivity contribution in [3.63, 3.8) is 0 Å². The van der Waals surface area contributed by atoms with Crippen molar-refractivity contribution in [1.29, 1.82) is 0 Å². The Morgan fingerprint density at radius 3 is 1.09 bits per heavy atom. The van der Waals surface area contributed by atoms with Gasteiger partial charge in [-0.15, -0.1) is 0 Å². The van der Waals surface area contributed by atoms with Crippen LogP contribution in [-0.2, 0) is 0 Å². The Balaban J connectivity index is 0.865. The third kappa shape index (κ3) is 6.95. The van der Waals surface area contributed by atoms with Gasteiger partial charge in [0.2, 0.25) is 0 Å². The average molecular weight is 1010 g/mol. The van der Waals surface area contributed by atoms with Crippen LogP contribution in [0.25, 0.3) is 109 Å². The normalized spacial score (nSPS) is 12.3. The second kappa shape index (κ2) is 17.1. The highest BCUT2D eigenvalue weighted by Gasteiger charge is 2.26. The van der Waals surface area contributed by atoms with Gasteiger partial charge in [0.25, 0.3) is 0 Å². The van der Waals surface area contributed by atoms with Gasteiger partial charge < -0.3 is 27.5 Å². The quantitative estimate of drug-likeness (QED) is 0.151. The molecule has 0 bridgehead atoms. The molecule has 4 aromatic heterocycles. The molecule has 0 radical (unpaired) electrons. The van der Waals surface area contributed by atoms with Gasteiger partial charge in [0.1, 0.15) is 44.7 Å². The van der Waals surface area contributed by atoms with E-state index in [2.05, 4.69) is 235 Å². The fourth-order valence-electron chi connectivity index (χ4n) is 12.9. The van der Waals surface area contributed by atoms with Crippen molar-refractivity contribution < 1.29 is 17.7 Å². The predicted octanol–water partition coefficient (Wildman–Crippen LogP) is 22.0. The van der Waals surface area contributed by atoms with Crippen LogP contribution >= 0.6 is 0 Å². The number of nitrogens with zero attached hydrogens (tertiary/aromatic N) is 2. The summed E-state index contributed by atoms with van der Waals surface area (Å²) in [5, 5.41) is 13.2. The molecule has 6 heteroatoms. The van der Waals surface area contributed by atoms with Crippen molar-refractivity contribution in [1.82, 2.24) is 0 Å². The van der Waals surface area contributed by atoms with E-state index >= 15 is 0 Å². The summed E-state index contributed by atoms with van der Waals surface area (Å²) in [6.45, 7) is 17.8. The molecule has 78 heavy (non-hydrogen) atoms. The molecular weight excluding hydrogens is 957 g/mol. The second-order valence-corrected chi connectivity index (χ2v) is 22.2. The molecule has 6 nitrogen and oxygen atoms in total. The lowest BCUT2D eigenvalue weighted by atomic mass is 9.98. The minimum absolute atomic E-state index is 0.423. The number of anilines is 6. The lowest BCUT2D eigenvalue weighted by Gasteiger charge is -2.29. The van der Waals surface area contributed by atoms with E-state index < -0.39 is 0 Å². The first-order valence-corrected chi connectivity index (χ1v) is 27.3. The monoisotopic (exact) mass is 1010 g/mol. The van der Waals surface area contributed by atoms with E-state index in [1.54, 1.807) is 0 Å². The van der Waals surface area contributed by atoms with Crippen molar-refractivity contribution in [3.05, 3.63) is 215 Å². The number of hydrogen-bond acceptors (Lipinski definition) is 6. The molecule has 0 atom stereocenters. The van der Waals surface area contributed by atoms with E-state index in [9.17, 15) is 0 Å². The molecule has 0 N–H and O–H groups in total. The smallest absolute Gasteiger partial charge is 0.136 e. The number of hydrogen-bond donors (Lipinski definition) is 0. The molecule has 378 valence electrons. The largest absolute Gasteiger partial charge is 0.456 e. The summed E-state index contributed by atoms with van der Waals surface area (Å²) < 4.78 is 26.5. The zero-order chi connectivity index (χ0) is 52.8. The summed E-state index contributed by atoms with van der Waals surface area (Å²) in [6, 6.07) is 66.0. The Hall–Kier alpha value is -9.26. The molecule has 15 aromatic rings. The number of rotatable bonds is 8. The summed E-state index contributed by atoms with van der Waals surface area (Å²) >= 11 is 0. The Kier molecular flexibility index (Phi) is 10.1. The molecular formula is C72H56N2O4. The minimum Gasteiger partial charge on any atom is -0.456 e. The molecule has 0 spiro atoms. The van der Waals surface area contributed by atoms with Gasteiger partial charge in [-0.05, 0) is 204 Å². The van der Waals surface area contributed by atoms with Gasteiger partial charge in [-0.3, -0.25) is 0 Å². The Morgan fingerprint density at radius 2 is 0.679 bits per heavy atom. The maximum Gasteiger partial charge on any atom is 0.136 e. The van der Waals surface area contributed by atoms with Gasteiger partial charge in [-0.25, -0.2) is 0 Å². The summed E-state index contributed by atoms with van der Waals surface area (Å²) in [4.78, 5) is 4.83. The fraction of sp³-hybridized carbons (Fsp3) is 0.139. The number of aryl methyl sites for hydroxylation is 4. The van der Waals surface area contributed by atoms with Gasteiger partial charge in [0.05, 0.1) is 11.4 Å². The molecule has 0 fully saturated rings. The standard InChI is InChI=1S/C72H56N2O4/c1-39(2)45-17-23-51(24-18-45)73(71-41(5)31-65-67(43(71)7)55-13-9-11-15-59(55)75-65)53-27-21-47-35-57-63(37-49(47)33-53)77-61-29-30-62-70(69(57)61)58-36-48-22-28-54(34-50(48)38-64(58)78-62)74(52-25-19-46(20-26-52)40(3)4)72-42(6)32-66-68(44(72)8)56-14-10-12-16-60(56)76-66/h9-40H,1-8H3. The van der Waals surface area contributed by atoms with Crippen LogP contribution in [0.4, 0.5) is 34.1 Å². The molecule has 0 unspecified atom stereocenters. The highest BCUT2D eigenvalue weighted by molar-refractivity contribution is 6.28. The van der Waals surface area contributed by atoms with Gasteiger partial charge in [0, 0.05) is 65.8 Å². The first kappa shape index (κ1) is 46.1. The maximum absolute atomic E-state index is 6.83. The van der Waals surface area contributed by atoms with Crippen LogP contribution in [0.2, 0.25) is 0 Å². The zero-order valence-electron chi connectivity index (χ0n) is 45.0. The fourth-order valence-corrected chi connectivity index (χ4v) is 12.9. The van der Waals surface area contributed by atoms with Gasteiger partial charge in [0.15, 0.2) is 0 Å². The van der Waals surface area contributed by atoms with Gasteiger partial charge in [-0.1, -0.05) is 100 Å². The molecule has 0 saturated heterocycles. The van der Waals surface area contributed by atoms with Crippen molar-refractivity contribution in [2.45, 2.75) is 67.2 Å². The molecule has 11 aromatic carbocycles. The van der Waals surface area contributed by atoms with Gasteiger partial charge in [-0.2, -0.15) is 0 Å². The molecule has 0 saturated carbocycles. The number of furan rings is 4. The third-order valence-electron chi connectivity index (χ3n) is 16.7. The molecule has 0 aliphatic heterocycles. The lowest BCUT2D eigenvalue weighted by Crippen LogP contribution is -2.13. The van der Waals surface area contributed by atoms with Crippen LogP contribution in [0.3, 0.4) is 0 Å². The molecule has 0 aliphatic carbocycles. The van der Waals surface area contributed by atoms with Crippen LogP contribution < -0.4 is 9.80 Å². The number of para-hydroxylation sites is 2. The van der Waals surface area contributed by atoms with Crippen LogP contribution in [0.15, 0.2) is 200 Å². The lowest BCUT2D eigenvalue weighted by molar-refractivity contribution is 0.663. The second-order valence-electron chi connectivity index (χ2n) is 22.2. The summed E-state index contributed by atoms with van der Waals surface area (Å²) in [5.41, 5.74) is 20.8. The van der Waals surface area contributed by atoms with E-state index in [1.165, 1.54) is 22.3 Å². The number of benzene rings is 11. The Bertz CT molecular complexity index is 4650. The summed E-state index contributed by atoms with van der Waals surface area (Å²) in [6.07, 6.45) is 0. The minimum atomic E-state index is 0.423. The molecule has 4 heterocycles. The van der Waals surface area contributed by atoms with Crippen LogP contribution in [0.1, 0.15) is 72.9 Å². The van der Waals surface area contributed by atoms with Crippen molar-refractivity contribution >= 4 is 143 Å². The maximum atomic E-state index is 6.83. The summed E-state index contributed by atoms with van der Waals surface area (Å²) in [7, 11) is 0. The van der Waals surface area contributed by atoms with E-state index in [0.717, 1.165) is 155 Å². The van der Waals surface area contributed by atoms with Crippen molar-refractivity contribution in [2.75, 3.05) is 9.80 Å². The van der Waals surface area contributed by atoms with Crippen molar-refractivity contribution in [3.8, 4) is 0 Å². The van der Waals surface area contributed by atoms with E-state index in [1.807, 2.05) is 12.1 Å². The SMILES string of the molecule is Cc1cc2oc3ccccc3c2c(C)c1N(c1ccc(C(C)C)cc1)c1ccc2cc3c(cc2c1)oc1ccc2oc4cc5cc(N(c6ccc(C(C)C)cc6)c6c(C)cc7oc8ccccc8c7c6C)ccc5cc4c2c13. The molecule has 0 amide bonds. The van der Waals surface area contributed by atoms with Crippen LogP contribution in [-0.4, -0.2) is 0 Å². The summed E-state index contributed by atoms with van der Waals surface area (Å²) in [5.74, 6) is 0.847. The third-order valence-corrected chi connectivity index (χ3v) is 16.7. The molecule has 15 rings (SSSR count). The van der Waals surface area contributed by atoms with E-state index in [0.29, 0.717) is 11.8 Å². The first-order chi connectivity index (χ1) is 37.9. The highest BCUT2D eigenvalue weighted by Crippen LogP contribution is 2.49. The van der Waals surface area contributed by atoms with Crippen LogP contribution in [0.5, 0.6) is 0 Å². The molecule has 0 aliphatic rings. The van der Waals surface area contributed by atoms with Crippen molar-refractivity contribution in [2.24, 2.45) is 0 Å². The van der Waals surface area contributed by atoms with E-state index in [-0.39, 0.29) is 0 Å². The zero-order valence-corrected chi connectivity index (χ0v) is 45.0. The predicted molar refractivity (Wildman–Crippen MR) is 327 cm³/mol. The van der Waals surface area contributed by atoms with Gasteiger partial charge >= 0.3 is 0 Å². The van der Waals surface area contributed by atoms with Crippen LogP contribution in [0, 0.1) is 27.7 Å². The first-order valence-electron chi connectivity index (χ1n) is 27.3. The topological polar surface area (TPSA) is 59.0 Å². The Morgan fingerprint density at radius 1 is 0.295 bits per heavy atom. The average Bonchev–Trinajstić information content (AvgIpc) is 4.37. The highest BCUT2D eigenvalue weighted by atomic mass is 16.3.